The molecule has 0 saturated heterocycles. The van der Waals surface area contributed by atoms with Crippen LogP contribution in [0.4, 0.5) is 0 Å². The van der Waals surface area contributed by atoms with E-state index >= 15 is 0 Å². The molecule has 0 radical (unpaired) electrons. The van der Waals surface area contributed by atoms with Crippen LogP contribution in [-0.4, -0.2) is 9.97 Å². The number of rotatable bonds is 2. The van der Waals surface area contributed by atoms with E-state index in [0.29, 0.717) is 5.02 Å². The quantitative estimate of drug-likeness (QED) is 0.868. The summed E-state index contributed by atoms with van der Waals surface area (Å²) in [7, 11) is 0. The lowest BCUT2D eigenvalue weighted by molar-refractivity contribution is 0.783. The zero-order chi connectivity index (χ0) is 11.5. The van der Waals surface area contributed by atoms with Gasteiger partial charge in [-0.25, -0.2) is 0 Å². The van der Waals surface area contributed by atoms with E-state index in [4.69, 9.17) is 17.3 Å². The van der Waals surface area contributed by atoms with Crippen LogP contribution in [0.2, 0.25) is 5.02 Å². The number of halogens is 1. The number of pyridine rings is 2. The van der Waals surface area contributed by atoms with Gasteiger partial charge in [-0.2, -0.15) is 0 Å². The first-order valence-corrected chi connectivity index (χ1v) is 5.38. The summed E-state index contributed by atoms with van der Waals surface area (Å²) in [5, 5.41) is 0.620. The minimum Gasteiger partial charge on any atom is -0.323 e. The molecular weight excluding hydrogens is 222 g/mol. The molecule has 2 heterocycles. The molecule has 0 fully saturated rings. The smallest absolute Gasteiger partial charge is 0.0722 e. The van der Waals surface area contributed by atoms with Crippen molar-refractivity contribution in [2.75, 3.05) is 0 Å². The standard InChI is InChI=1S/C12H12ClN3/c1-8(14)12-10(3-2-6-15-12)11-5-4-9(13)7-16-11/h2-8H,14H2,1H3. The third kappa shape index (κ3) is 2.21. The van der Waals surface area contributed by atoms with Crippen molar-refractivity contribution in [3.63, 3.8) is 0 Å². The summed E-state index contributed by atoms with van der Waals surface area (Å²) in [6, 6.07) is 7.39. The molecule has 0 amide bonds. The van der Waals surface area contributed by atoms with E-state index in [1.54, 1.807) is 12.4 Å². The van der Waals surface area contributed by atoms with E-state index in [1.807, 2.05) is 31.2 Å². The van der Waals surface area contributed by atoms with Gasteiger partial charge in [0, 0.05) is 24.0 Å². The Balaban J connectivity index is 2.51. The first kappa shape index (κ1) is 11.0. The lowest BCUT2D eigenvalue weighted by Crippen LogP contribution is -2.09. The summed E-state index contributed by atoms with van der Waals surface area (Å²) >= 11 is 5.80. The largest absolute Gasteiger partial charge is 0.323 e. The molecule has 3 nitrogen and oxygen atoms in total. The van der Waals surface area contributed by atoms with Gasteiger partial charge in [0.25, 0.3) is 0 Å². The maximum atomic E-state index is 5.87. The molecular formula is C12H12ClN3. The van der Waals surface area contributed by atoms with Crippen LogP contribution in [0.5, 0.6) is 0 Å². The maximum Gasteiger partial charge on any atom is 0.0722 e. The zero-order valence-electron chi connectivity index (χ0n) is 8.89. The number of hydrogen-bond acceptors (Lipinski definition) is 3. The Bertz CT molecular complexity index is 480. The van der Waals surface area contributed by atoms with Crippen LogP contribution in [0.1, 0.15) is 18.7 Å². The number of aromatic nitrogens is 2. The fraction of sp³-hybridized carbons (Fsp3) is 0.167. The summed E-state index contributed by atoms with van der Waals surface area (Å²) in [5.41, 5.74) is 8.50. The SMILES string of the molecule is CC(N)c1ncccc1-c1ccc(Cl)cn1. The second-order valence-electron chi connectivity index (χ2n) is 3.59. The van der Waals surface area contributed by atoms with Gasteiger partial charge in [-0.05, 0) is 31.2 Å². The van der Waals surface area contributed by atoms with Gasteiger partial charge in [0.2, 0.25) is 0 Å². The minimum absolute atomic E-state index is 0.117. The second-order valence-corrected chi connectivity index (χ2v) is 4.02. The van der Waals surface area contributed by atoms with Crippen LogP contribution >= 0.6 is 11.6 Å². The Morgan fingerprint density at radius 2 is 2.06 bits per heavy atom. The van der Waals surface area contributed by atoms with Crippen molar-refractivity contribution >= 4 is 11.6 Å². The molecule has 1 unspecified atom stereocenters. The molecule has 0 aliphatic rings. The van der Waals surface area contributed by atoms with E-state index in [9.17, 15) is 0 Å². The first-order chi connectivity index (χ1) is 7.68. The van der Waals surface area contributed by atoms with Crippen LogP contribution in [0.15, 0.2) is 36.7 Å². The van der Waals surface area contributed by atoms with E-state index < -0.39 is 0 Å². The van der Waals surface area contributed by atoms with Gasteiger partial charge in [-0.15, -0.1) is 0 Å². The molecule has 4 heteroatoms. The first-order valence-electron chi connectivity index (χ1n) is 5.01. The summed E-state index contributed by atoms with van der Waals surface area (Å²) < 4.78 is 0. The molecule has 2 aromatic rings. The number of nitrogens with two attached hydrogens (primary N) is 1. The Morgan fingerprint density at radius 1 is 1.25 bits per heavy atom. The lowest BCUT2D eigenvalue weighted by atomic mass is 10.1. The molecule has 1 atom stereocenters. The van der Waals surface area contributed by atoms with Crippen molar-refractivity contribution in [3.05, 3.63) is 47.4 Å². The monoisotopic (exact) mass is 233 g/mol. The van der Waals surface area contributed by atoms with Crippen molar-refractivity contribution in [1.82, 2.24) is 9.97 Å². The molecule has 0 bridgehead atoms. The predicted molar refractivity (Wildman–Crippen MR) is 65.1 cm³/mol. The zero-order valence-corrected chi connectivity index (χ0v) is 9.65. The van der Waals surface area contributed by atoms with Gasteiger partial charge in [-0.3, -0.25) is 9.97 Å². The molecule has 16 heavy (non-hydrogen) atoms. The summed E-state index contributed by atoms with van der Waals surface area (Å²) in [4.78, 5) is 8.54. The van der Waals surface area contributed by atoms with Gasteiger partial charge in [0.1, 0.15) is 0 Å². The molecule has 2 N–H and O–H groups in total. The van der Waals surface area contributed by atoms with E-state index in [-0.39, 0.29) is 6.04 Å². The van der Waals surface area contributed by atoms with Crippen LogP contribution in [0, 0.1) is 0 Å². The average molecular weight is 234 g/mol. The van der Waals surface area contributed by atoms with E-state index in [1.165, 1.54) is 0 Å². The second kappa shape index (κ2) is 4.60. The normalized spacial score (nSPS) is 12.4. The molecule has 82 valence electrons. The Morgan fingerprint density at radius 3 is 2.69 bits per heavy atom. The highest BCUT2D eigenvalue weighted by atomic mass is 35.5. The maximum absolute atomic E-state index is 5.87. The van der Waals surface area contributed by atoms with Crippen molar-refractivity contribution in [1.29, 1.82) is 0 Å². The van der Waals surface area contributed by atoms with Crippen molar-refractivity contribution < 1.29 is 0 Å². The van der Waals surface area contributed by atoms with Gasteiger partial charge in [0.05, 0.1) is 16.4 Å². The van der Waals surface area contributed by atoms with Crippen molar-refractivity contribution in [2.24, 2.45) is 5.73 Å². The molecule has 2 aromatic heterocycles. The van der Waals surface area contributed by atoms with Gasteiger partial charge in [0.15, 0.2) is 0 Å². The fourth-order valence-corrected chi connectivity index (χ4v) is 1.64. The topological polar surface area (TPSA) is 51.8 Å². The third-order valence-corrected chi connectivity index (χ3v) is 2.50. The van der Waals surface area contributed by atoms with Gasteiger partial charge >= 0.3 is 0 Å². The van der Waals surface area contributed by atoms with Crippen LogP contribution in [0.25, 0.3) is 11.3 Å². The fourth-order valence-electron chi connectivity index (χ4n) is 1.53. The molecule has 2 rings (SSSR count). The number of hydrogen-bond donors (Lipinski definition) is 1. The predicted octanol–water partition coefficient (Wildman–Crippen LogP) is 2.82. The summed E-state index contributed by atoms with van der Waals surface area (Å²) in [5.74, 6) is 0. The van der Waals surface area contributed by atoms with Gasteiger partial charge in [-0.1, -0.05) is 11.6 Å². The van der Waals surface area contributed by atoms with Gasteiger partial charge < -0.3 is 5.73 Å². The molecule has 0 aliphatic heterocycles. The Labute approximate surface area is 99.3 Å². The minimum atomic E-state index is -0.117. The van der Waals surface area contributed by atoms with Crippen molar-refractivity contribution in [2.45, 2.75) is 13.0 Å². The summed E-state index contributed by atoms with van der Waals surface area (Å²) in [6.07, 6.45) is 3.35. The van der Waals surface area contributed by atoms with Crippen LogP contribution in [-0.2, 0) is 0 Å². The molecule has 0 aromatic carbocycles. The van der Waals surface area contributed by atoms with Crippen molar-refractivity contribution in [3.8, 4) is 11.3 Å². The van der Waals surface area contributed by atoms with E-state index in [0.717, 1.165) is 17.0 Å². The molecule has 0 spiro atoms. The van der Waals surface area contributed by atoms with Crippen LogP contribution in [0.3, 0.4) is 0 Å². The molecule has 0 aliphatic carbocycles. The van der Waals surface area contributed by atoms with Crippen LogP contribution < -0.4 is 5.73 Å². The van der Waals surface area contributed by atoms with E-state index in [2.05, 4.69) is 9.97 Å². The molecule has 0 saturated carbocycles. The Hall–Kier alpha value is -1.45. The number of nitrogens with zero attached hydrogens (tertiary/aromatic N) is 2. The third-order valence-electron chi connectivity index (χ3n) is 2.27. The Kier molecular flexibility index (Phi) is 3.17. The highest BCUT2D eigenvalue weighted by molar-refractivity contribution is 6.30. The highest BCUT2D eigenvalue weighted by Crippen LogP contribution is 2.24. The highest BCUT2D eigenvalue weighted by Gasteiger charge is 2.10. The average Bonchev–Trinajstić information content (AvgIpc) is 2.30. The lowest BCUT2D eigenvalue weighted by Gasteiger charge is -2.10. The summed E-state index contributed by atoms with van der Waals surface area (Å²) in [6.45, 7) is 1.90.